The van der Waals surface area contributed by atoms with Gasteiger partial charge in [0.25, 0.3) is 12.3 Å². The van der Waals surface area contributed by atoms with Gasteiger partial charge in [-0.15, -0.1) is 0 Å². The van der Waals surface area contributed by atoms with E-state index >= 15 is 0 Å². The number of rotatable bonds is 8. The molecule has 0 atom stereocenters. The average molecular weight is 485 g/mol. The fourth-order valence-corrected chi connectivity index (χ4v) is 4.60. The molecule has 0 aromatic carbocycles. The van der Waals surface area contributed by atoms with Gasteiger partial charge in [-0.2, -0.15) is 5.10 Å². The predicted octanol–water partition coefficient (Wildman–Crippen LogP) is 5.72. The van der Waals surface area contributed by atoms with Gasteiger partial charge in [0.1, 0.15) is 12.1 Å². The van der Waals surface area contributed by atoms with Crippen molar-refractivity contribution in [3.05, 3.63) is 42.2 Å². The van der Waals surface area contributed by atoms with Crippen LogP contribution in [0.25, 0.3) is 11.5 Å². The van der Waals surface area contributed by atoms with E-state index in [1.165, 1.54) is 25.3 Å². The van der Waals surface area contributed by atoms with Gasteiger partial charge in [0.05, 0.1) is 11.7 Å². The first-order valence-corrected chi connectivity index (χ1v) is 12.2. The Morgan fingerprint density at radius 2 is 2.03 bits per heavy atom. The smallest absolute Gasteiger partial charge is 0.284 e. The number of amides is 1. The maximum atomic E-state index is 13.7. The van der Waals surface area contributed by atoms with Crippen molar-refractivity contribution < 1.29 is 18.0 Å². The third-order valence-electron chi connectivity index (χ3n) is 6.92. The zero-order valence-corrected chi connectivity index (χ0v) is 20.0. The van der Waals surface area contributed by atoms with Gasteiger partial charge in [-0.25, -0.2) is 18.7 Å². The van der Waals surface area contributed by atoms with Crippen LogP contribution in [0, 0.1) is 11.8 Å². The van der Waals surface area contributed by atoms with Gasteiger partial charge in [0, 0.05) is 31.5 Å². The number of hydrogen-bond donors (Lipinski definition) is 1. The number of oxazole rings is 1. The summed E-state index contributed by atoms with van der Waals surface area (Å²) < 4.78 is 34.4. The van der Waals surface area contributed by atoms with Crippen LogP contribution in [0.1, 0.15) is 74.1 Å². The van der Waals surface area contributed by atoms with E-state index in [1.807, 2.05) is 13.1 Å². The van der Waals surface area contributed by atoms with E-state index in [2.05, 4.69) is 32.2 Å². The Morgan fingerprint density at radius 3 is 2.74 bits per heavy atom. The van der Waals surface area contributed by atoms with Gasteiger partial charge in [0.2, 0.25) is 5.89 Å². The highest BCUT2D eigenvalue weighted by atomic mass is 19.3. The number of pyridine rings is 1. The normalized spacial score (nSPS) is 20.3. The summed E-state index contributed by atoms with van der Waals surface area (Å²) in [5.41, 5.74) is 0.257. The molecular formula is C25H30F2N6O2. The number of alkyl halides is 2. The lowest BCUT2D eigenvalue weighted by atomic mass is 9.87. The van der Waals surface area contributed by atoms with Crippen LogP contribution in [0.15, 0.2) is 35.2 Å². The van der Waals surface area contributed by atoms with Crippen molar-refractivity contribution >= 4 is 17.4 Å². The Hall–Kier alpha value is -3.30. The van der Waals surface area contributed by atoms with Crippen LogP contribution >= 0.6 is 0 Å². The van der Waals surface area contributed by atoms with Crippen molar-refractivity contribution in [1.29, 1.82) is 0 Å². The lowest BCUT2D eigenvalue weighted by Crippen LogP contribution is -2.20. The number of carbonyl (C=O) groups excluding carboxylic acids is 1. The first kappa shape index (κ1) is 23.4. The second-order valence-electron chi connectivity index (χ2n) is 9.84. The topological polar surface area (TPSA) is 89.1 Å². The molecule has 5 rings (SSSR count). The van der Waals surface area contributed by atoms with E-state index < -0.39 is 18.0 Å². The van der Waals surface area contributed by atoms with Gasteiger partial charge in [-0.1, -0.05) is 6.92 Å². The lowest BCUT2D eigenvalue weighted by molar-refractivity contribution is 0.102. The summed E-state index contributed by atoms with van der Waals surface area (Å²) in [6.45, 7) is 3.14. The van der Waals surface area contributed by atoms with Crippen molar-refractivity contribution in [2.24, 2.45) is 11.8 Å². The van der Waals surface area contributed by atoms with E-state index in [4.69, 9.17) is 4.42 Å². The summed E-state index contributed by atoms with van der Waals surface area (Å²) in [4.78, 5) is 23.6. The molecule has 0 radical (unpaired) electrons. The van der Waals surface area contributed by atoms with Gasteiger partial charge in [-0.05, 0) is 62.5 Å². The lowest BCUT2D eigenvalue weighted by Gasteiger charge is -2.26. The minimum absolute atomic E-state index is 0.000991. The number of nitrogens with zero attached hydrogens (tertiary/aromatic N) is 5. The molecule has 2 fully saturated rings. The van der Waals surface area contributed by atoms with Crippen LogP contribution in [0.3, 0.4) is 0 Å². The van der Waals surface area contributed by atoms with Gasteiger partial charge in [-0.3, -0.25) is 9.48 Å². The van der Waals surface area contributed by atoms with Crippen LogP contribution < -0.4 is 10.2 Å². The number of halogens is 2. The molecule has 0 aliphatic heterocycles. The summed E-state index contributed by atoms with van der Waals surface area (Å²) in [6.07, 6.45) is 7.93. The molecule has 8 nitrogen and oxygen atoms in total. The van der Waals surface area contributed by atoms with Crippen molar-refractivity contribution in [3.63, 3.8) is 0 Å². The Morgan fingerprint density at radius 1 is 1.26 bits per heavy atom. The molecule has 186 valence electrons. The van der Waals surface area contributed by atoms with E-state index in [1.54, 1.807) is 16.9 Å². The molecule has 0 spiro atoms. The van der Waals surface area contributed by atoms with E-state index in [0.717, 1.165) is 38.0 Å². The van der Waals surface area contributed by atoms with Gasteiger partial charge >= 0.3 is 0 Å². The maximum absolute atomic E-state index is 13.7. The molecule has 2 saturated carbocycles. The van der Waals surface area contributed by atoms with Crippen LogP contribution in [0.2, 0.25) is 0 Å². The zero-order chi connectivity index (χ0) is 24.5. The minimum Gasteiger partial charge on any atom is -0.444 e. The van der Waals surface area contributed by atoms with E-state index in [9.17, 15) is 13.6 Å². The van der Waals surface area contributed by atoms with Crippen molar-refractivity contribution in [1.82, 2.24) is 19.7 Å². The molecule has 2 aliphatic rings. The molecule has 2 aliphatic carbocycles. The molecule has 3 aromatic heterocycles. The monoisotopic (exact) mass is 484 g/mol. The van der Waals surface area contributed by atoms with Crippen LogP contribution in [-0.4, -0.2) is 39.2 Å². The van der Waals surface area contributed by atoms with Crippen LogP contribution in [0.4, 0.5) is 20.3 Å². The summed E-state index contributed by atoms with van der Waals surface area (Å²) >= 11 is 0. The molecule has 1 N–H and O–H groups in total. The number of hydrogen-bond acceptors (Lipinski definition) is 6. The van der Waals surface area contributed by atoms with Crippen LogP contribution in [-0.2, 0) is 0 Å². The second kappa shape index (κ2) is 9.75. The summed E-state index contributed by atoms with van der Waals surface area (Å²) in [5, 5.41) is 6.66. The third kappa shape index (κ3) is 5.36. The van der Waals surface area contributed by atoms with Crippen molar-refractivity contribution in [2.45, 2.75) is 57.9 Å². The Bertz CT molecular complexity index is 1180. The van der Waals surface area contributed by atoms with Gasteiger partial charge < -0.3 is 14.6 Å². The van der Waals surface area contributed by atoms with Crippen molar-refractivity contribution in [2.75, 3.05) is 23.8 Å². The third-order valence-corrected chi connectivity index (χ3v) is 6.92. The van der Waals surface area contributed by atoms with Crippen LogP contribution in [0.5, 0.6) is 0 Å². The predicted molar refractivity (Wildman–Crippen MR) is 128 cm³/mol. The summed E-state index contributed by atoms with van der Waals surface area (Å²) in [5.74, 6) is 1.78. The molecule has 0 bridgehead atoms. The molecule has 0 saturated heterocycles. The Kier molecular flexibility index (Phi) is 6.53. The molecular weight excluding hydrogens is 454 g/mol. The Balaban J connectivity index is 1.30. The SMILES string of the molecule is CC1CCC(n2cc(NC(=O)c3coc(-c4ccnc(N(C)CC5CC5)c4)n3)c(C(F)F)n2)CC1. The minimum atomic E-state index is -2.80. The standard InChI is InChI=1S/C25H30F2N6O2/c1-15-3-7-18(8-4-15)33-13-19(22(31-33)23(26)27)29-24(34)20-14-35-25(30-20)17-9-10-28-21(11-17)32(2)12-16-5-6-16/h9-11,13-16,18,23H,3-8,12H2,1-2H3,(H,29,34). The molecule has 3 aromatic rings. The largest absolute Gasteiger partial charge is 0.444 e. The number of carbonyl (C=O) groups is 1. The average Bonchev–Trinajstić information content (AvgIpc) is 3.34. The van der Waals surface area contributed by atoms with Gasteiger partial charge in [0.15, 0.2) is 11.4 Å². The van der Waals surface area contributed by atoms with Crippen molar-refractivity contribution in [3.8, 4) is 11.5 Å². The highest BCUT2D eigenvalue weighted by molar-refractivity contribution is 6.03. The molecule has 3 heterocycles. The fourth-order valence-electron chi connectivity index (χ4n) is 4.60. The molecule has 10 heteroatoms. The van der Waals surface area contributed by atoms with E-state index in [0.29, 0.717) is 17.4 Å². The summed E-state index contributed by atoms with van der Waals surface area (Å²) in [6, 6.07) is 3.68. The highest BCUT2D eigenvalue weighted by Crippen LogP contribution is 2.35. The number of nitrogens with one attached hydrogen (secondary N) is 1. The zero-order valence-electron chi connectivity index (χ0n) is 20.0. The maximum Gasteiger partial charge on any atom is 0.284 e. The molecule has 0 unspecified atom stereocenters. The first-order chi connectivity index (χ1) is 16.9. The molecule has 35 heavy (non-hydrogen) atoms. The second-order valence-corrected chi connectivity index (χ2v) is 9.84. The number of anilines is 2. The fraction of sp³-hybridized carbons (Fsp3) is 0.520. The number of aromatic nitrogens is 4. The van der Waals surface area contributed by atoms with E-state index in [-0.39, 0.29) is 23.3 Å². The highest BCUT2D eigenvalue weighted by Gasteiger charge is 2.27. The summed E-state index contributed by atoms with van der Waals surface area (Å²) in [7, 11) is 1.99. The molecule has 1 amide bonds. The quantitative estimate of drug-likeness (QED) is 0.440. The first-order valence-electron chi connectivity index (χ1n) is 12.2. The Labute approximate surface area is 202 Å².